The van der Waals surface area contributed by atoms with E-state index in [0.29, 0.717) is 12.8 Å². The molecule has 1 fully saturated rings. The first-order chi connectivity index (χ1) is 12.2. The molecule has 3 heterocycles. The molecule has 1 saturated heterocycles. The molecule has 3 aromatic rings. The van der Waals surface area contributed by atoms with Gasteiger partial charge in [-0.2, -0.15) is 0 Å². The maximum atomic E-state index is 11.2. The standard InChI is InChI=1S/C20H19N3O2/c24-20(25)14-7-10-23(11-8-14)19-12-17(15-4-3-9-21-13-15)16-5-1-2-6-18(16)22-19/h1-6,9,12-14H,7-8,10-11H2,(H,24,25). The minimum absolute atomic E-state index is 0.241. The molecular formula is C20H19N3O2. The zero-order chi connectivity index (χ0) is 17.2. The molecule has 0 saturated carbocycles. The number of hydrogen-bond acceptors (Lipinski definition) is 4. The van der Waals surface area contributed by atoms with Crippen LogP contribution in [0, 0.1) is 5.92 Å². The summed E-state index contributed by atoms with van der Waals surface area (Å²) >= 11 is 0. The van der Waals surface area contributed by atoms with E-state index in [-0.39, 0.29) is 5.92 Å². The summed E-state index contributed by atoms with van der Waals surface area (Å²) in [5, 5.41) is 10.3. The van der Waals surface area contributed by atoms with E-state index in [4.69, 9.17) is 4.98 Å². The van der Waals surface area contributed by atoms with Crippen LogP contribution in [0.1, 0.15) is 12.8 Å². The molecule has 5 heteroatoms. The first-order valence-corrected chi connectivity index (χ1v) is 8.50. The number of aliphatic carboxylic acids is 1. The van der Waals surface area contributed by atoms with E-state index < -0.39 is 5.97 Å². The highest BCUT2D eigenvalue weighted by atomic mass is 16.4. The lowest BCUT2D eigenvalue weighted by Gasteiger charge is -2.31. The zero-order valence-electron chi connectivity index (χ0n) is 13.8. The topological polar surface area (TPSA) is 66.3 Å². The van der Waals surface area contributed by atoms with Gasteiger partial charge in [-0.05, 0) is 36.6 Å². The molecule has 1 N–H and O–H groups in total. The first-order valence-electron chi connectivity index (χ1n) is 8.50. The lowest BCUT2D eigenvalue weighted by molar-refractivity contribution is -0.142. The van der Waals surface area contributed by atoms with Crippen LogP contribution in [0.15, 0.2) is 54.9 Å². The second-order valence-electron chi connectivity index (χ2n) is 6.39. The largest absolute Gasteiger partial charge is 0.481 e. The predicted octanol–water partition coefficient (Wildman–Crippen LogP) is 3.60. The summed E-state index contributed by atoms with van der Waals surface area (Å²) in [6, 6.07) is 14.2. The monoisotopic (exact) mass is 333 g/mol. The quantitative estimate of drug-likeness (QED) is 0.793. The number of piperidine rings is 1. The van der Waals surface area contributed by atoms with Crippen molar-refractivity contribution in [2.75, 3.05) is 18.0 Å². The van der Waals surface area contributed by atoms with Gasteiger partial charge in [-0.25, -0.2) is 4.98 Å². The highest BCUT2D eigenvalue weighted by molar-refractivity contribution is 5.96. The van der Waals surface area contributed by atoms with Gasteiger partial charge in [-0.1, -0.05) is 24.3 Å². The number of anilines is 1. The second-order valence-corrected chi connectivity index (χ2v) is 6.39. The van der Waals surface area contributed by atoms with E-state index in [1.807, 2.05) is 30.5 Å². The lowest BCUT2D eigenvalue weighted by Crippen LogP contribution is -2.36. The highest BCUT2D eigenvalue weighted by Gasteiger charge is 2.25. The van der Waals surface area contributed by atoms with Crippen LogP contribution in [0.3, 0.4) is 0 Å². The molecule has 0 unspecified atom stereocenters. The van der Waals surface area contributed by atoms with E-state index in [1.165, 1.54) is 0 Å². The molecular weight excluding hydrogens is 314 g/mol. The van der Waals surface area contributed by atoms with Crippen LogP contribution in [0.2, 0.25) is 0 Å². The van der Waals surface area contributed by atoms with Crippen LogP contribution in [0.5, 0.6) is 0 Å². The molecule has 0 radical (unpaired) electrons. The molecule has 0 spiro atoms. The number of carbonyl (C=O) groups is 1. The summed E-state index contributed by atoms with van der Waals surface area (Å²) in [7, 11) is 0. The minimum atomic E-state index is -0.692. The Morgan fingerprint density at radius 1 is 1.12 bits per heavy atom. The van der Waals surface area contributed by atoms with Crippen molar-refractivity contribution in [3.63, 3.8) is 0 Å². The Morgan fingerprint density at radius 3 is 2.64 bits per heavy atom. The van der Waals surface area contributed by atoms with Gasteiger partial charge >= 0.3 is 5.97 Å². The Balaban J connectivity index is 1.75. The molecule has 25 heavy (non-hydrogen) atoms. The van der Waals surface area contributed by atoms with Crippen molar-refractivity contribution in [3.05, 3.63) is 54.9 Å². The van der Waals surface area contributed by atoms with Gasteiger partial charge in [-0.15, -0.1) is 0 Å². The number of nitrogens with zero attached hydrogens (tertiary/aromatic N) is 3. The number of carboxylic acids is 1. The molecule has 1 aliphatic heterocycles. The maximum Gasteiger partial charge on any atom is 0.306 e. The fraction of sp³-hybridized carbons (Fsp3) is 0.250. The SMILES string of the molecule is O=C(O)C1CCN(c2cc(-c3cccnc3)c3ccccc3n2)CC1. The van der Waals surface area contributed by atoms with Crippen molar-refractivity contribution in [1.29, 1.82) is 0 Å². The van der Waals surface area contributed by atoms with E-state index >= 15 is 0 Å². The van der Waals surface area contributed by atoms with E-state index in [2.05, 4.69) is 28.1 Å². The van der Waals surface area contributed by atoms with Crippen molar-refractivity contribution in [1.82, 2.24) is 9.97 Å². The first kappa shape index (κ1) is 15.6. The highest BCUT2D eigenvalue weighted by Crippen LogP contribution is 2.32. The molecule has 1 aliphatic rings. The van der Waals surface area contributed by atoms with Crippen LogP contribution in [-0.4, -0.2) is 34.1 Å². The third-order valence-electron chi connectivity index (χ3n) is 4.84. The zero-order valence-corrected chi connectivity index (χ0v) is 13.8. The second kappa shape index (κ2) is 6.51. The number of aromatic nitrogens is 2. The summed E-state index contributed by atoms with van der Waals surface area (Å²) in [6.45, 7) is 1.43. The number of pyridine rings is 2. The van der Waals surface area contributed by atoms with Gasteiger partial charge in [0, 0.05) is 36.4 Å². The lowest BCUT2D eigenvalue weighted by atomic mass is 9.96. The molecule has 126 valence electrons. The Labute approximate surface area is 146 Å². The van der Waals surface area contributed by atoms with E-state index in [1.54, 1.807) is 6.20 Å². The fourth-order valence-corrected chi connectivity index (χ4v) is 3.44. The van der Waals surface area contributed by atoms with E-state index in [0.717, 1.165) is 40.9 Å². The number of para-hydroxylation sites is 1. The number of fused-ring (bicyclic) bond motifs is 1. The predicted molar refractivity (Wildman–Crippen MR) is 97.5 cm³/mol. The Bertz CT molecular complexity index is 903. The van der Waals surface area contributed by atoms with Gasteiger partial charge in [-0.3, -0.25) is 9.78 Å². The van der Waals surface area contributed by atoms with Gasteiger partial charge in [0.05, 0.1) is 11.4 Å². The average Bonchev–Trinajstić information content (AvgIpc) is 2.68. The van der Waals surface area contributed by atoms with Crippen LogP contribution in [0.25, 0.3) is 22.0 Å². The van der Waals surface area contributed by atoms with Crippen molar-refractivity contribution in [3.8, 4) is 11.1 Å². The van der Waals surface area contributed by atoms with Crippen LogP contribution < -0.4 is 4.90 Å². The van der Waals surface area contributed by atoms with Gasteiger partial charge in [0.1, 0.15) is 5.82 Å². The molecule has 0 aliphatic carbocycles. The van der Waals surface area contributed by atoms with E-state index in [9.17, 15) is 9.90 Å². The number of rotatable bonds is 3. The van der Waals surface area contributed by atoms with Crippen molar-refractivity contribution < 1.29 is 9.90 Å². The van der Waals surface area contributed by atoms with Crippen LogP contribution in [0.4, 0.5) is 5.82 Å². The maximum absolute atomic E-state index is 11.2. The molecule has 5 nitrogen and oxygen atoms in total. The van der Waals surface area contributed by atoms with Crippen molar-refractivity contribution in [2.45, 2.75) is 12.8 Å². The van der Waals surface area contributed by atoms with Gasteiger partial charge in [0.25, 0.3) is 0 Å². The third-order valence-corrected chi connectivity index (χ3v) is 4.84. The van der Waals surface area contributed by atoms with Gasteiger partial charge in [0.15, 0.2) is 0 Å². The number of benzene rings is 1. The smallest absolute Gasteiger partial charge is 0.306 e. The summed E-state index contributed by atoms with van der Waals surface area (Å²) < 4.78 is 0. The Hall–Kier alpha value is -2.95. The van der Waals surface area contributed by atoms with Crippen molar-refractivity contribution >= 4 is 22.7 Å². The molecule has 2 aromatic heterocycles. The molecule has 0 bridgehead atoms. The third kappa shape index (κ3) is 3.05. The summed E-state index contributed by atoms with van der Waals surface area (Å²) in [5.74, 6) is -0.0296. The number of hydrogen-bond donors (Lipinski definition) is 1. The van der Waals surface area contributed by atoms with Crippen LogP contribution >= 0.6 is 0 Å². The molecule has 0 amide bonds. The van der Waals surface area contributed by atoms with Crippen LogP contribution in [-0.2, 0) is 4.79 Å². The Kier molecular flexibility index (Phi) is 4.06. The summed E-state index contributed by atoms with van der Waals surface area (Å²) in [6.07, 6.45) is 4.95. The summed E-state index contributed by atoms with van der Waals surface area (Å²) in [4.78, 5) is 22.4. The van der Waals surface area contributed by atoms with Gasteiger partial charge in [0.2, 0.25) is 0 Å². The normalized spacial score (nSPS) is 15.4. The molecule has 1 aromatic carbocycles. The average molecular weight is 333 g/mol. The minimum Gasteiger partial charge on any atom is -0.481 e. The molecule has 4 rings (SSSR count). The molecule has 0 atom stereocenters. The summed E-state index contributed by atoms with van der Waals surface area (Å²) in [5.41, 5.74) is 3.11. The fourth-order valence-electron chi connectivity index (χ4n) is 3.44. The van der Waals surface area contributed by atoms with Crippen molar-refractivity contribution in [2.24, 2.45) is 5.92 Å². The van der Waals surface area contributed by atoms with Gasteiger partial charge < -0.3 is 10.0 Å². The number of carboxylic acid groups (broad SMARTS) is 1. The Morgan fingerprint density at radius 2 is 1.92 bits per heavy atom.